The lowest BCUT2D eigenvalue weighted by Crippen LogP contribution is -2.22. The Morgan fingerprint density at radius 1 is 1.35 bits per heavy atom. The van der Waals surface area contributed by atoms with Gasteiger partial charge in [-0.2, -0.15) is 8.78 Å². The molecule has 0 aliphatic rings. The quantitative estimate of drug-likeness (QED) is 0.536. The number of aliphatic carboxylic acids is 1. The molecule has 0 saturated carbocycles. The molecule has 0 saturated heterocycles. The van der Waals surface area contributed by atoms with Crippen LogP contribution in [-0.2, 0) is 9.59 Å². The second kappa shape index (κ2) is 9.39. The first kappa shape index (κ1) is 18.4. The van der Waals surface area contributed by atoms with Crippen molar-refractivity contribution in [2.75, 3.05) is 13.7 Å². The molecule has 0 bridgehead atoms. The zero-order valence-electron chi connectivity index (χ0n) is 12.4. The Morgan fingerprint density at radius 2 is 2.09 bits per heavy atom. The average Bonchev–Trinajstić information content (AvgIpc) is 2.49. The molecule has 6 nitrogen and oxygen atoms in total. The van der Waals surface area contributed by atoms with E-state index in [1.54, 1.807) is 0 Å². The molecule has 8 heteroatoms. The molecule has 0 unspecified atom stereocenters. The summed E-state index contributed by atoms with van der Waals surface area (Å²) >= 11 is 0. The Morgan fingerprint density at radius 3 is 2.70 bits per heavy atom. The predicted molar refractivity (Wildman–Crippen MR) is 78.5 cm³/mol. The van der Waals surface area contributed by atoms with Gasteiger partial charge in [0.05, 0.1) is 7.11 Å². The van der Waals surface area contributed by atoms with Crippen molar-refractivity contribution in [3.63, 3.8) is 0 Å². The highest BCUT2D eigenvalue weighted by Crippen LogP contribution is 2.29. The maximum atomic E-state index is 12.2. The highest BCUT2D eigenvalue weighted by Gasteiger charge is 2.10. The number of amides is 1. The Bertz CT molecular complexity index is 575. The second-order valence-corrected chi connectivity index (χ2v) is 4.41. The predicted octanol–water partition coefficient (Wildman–Crippen LogP) is 2.29. The van der Waals surface area contributed by atoms with Crippen molar-refractivity contribution in [1.29, 1.82) is 0 Å². The number of carbonyl (C=O) groups excluding carboxylic acids is 1. The lowest BCUT2D eigenvalue weighted by molar-refractivity contribution is -0.137. The second-order valence-electron chi connectivity index (χ2n) is 4.41. The van der Waals surface area contributed by atoms with Gasteiger partial charge in [-0.1, -0.05) is 6.07 Å². The summed E-state index contributed by atoms with van der Waals surface area (Å²) in [6.45, 7) is -2.71. The zero-order chi connectivity index (χ0) is 17.2. The number of hydrogen-bond donors (Lipinski definition) is 2. The molecule has 0 radical (unpaired) electrons. The Labute approximate surface area is 131 Å². The van der Waals surface area contributed by atoms with Gasteiger partial charge in [0.25, 0.3) is 0 Å². The van der Waals surface area contributed by atoms with Gasteiger partial charge in [0.1, 0.15) is 0 Å². The van der Waals surface area contributed by atoms with Crippen LogP contribution in [0, 0.1) is 0 Å². The standard InChI is InChI=1S/C15H17F2NO5/c1-22-12-9-10(4-6-11(12)23-15(16)17)5-7-13(19)18-8-2-3-14(20)21/h4-7,9,15H,2-3,8H2,1H3,(H,18,19)(H,20,21)/b7-5-. The van der Waals surface area contributed by atoms with Crippen LogP contribution >= 0.6 is 0 Å². The summed E-state index contributed by atoms with van der Waals surface area (Å²) in [6, 6.07) is 4.26. The van der Waals surface area contributed by atoms with E-state index >= 15 is 0 Å². The molecule has 1 aromatic rings. The van der Waals surface area contributed by atoms with Crippen molar-refractivity contribution >= 4 is 18.0 Å². The third-order valence-electron chi connectivity index (χ3n) is 2.70. The maximum Gasteiger partial charge on any atom is 0.387 e. The largest absolute Gasteiger partial charge is 0.493 e. The molecule has 0 heterocycles. The number of rotatable bonds is 9. The molecule has 1 rings (SSSR count). The van der Waals surface area contributed by atoms with Crippen LogP contribution in [-0.4, -0.2) is 37.2 Å². The van der Waals surface area contributed by atoms with Gasteiger partial charge in [-0.15, -0.1) is 0 Å². The number of ether oxygens (including phenoxy) is 2. The van der Waals surface area contributed by atoms with Crippen LogP contribution in [0.2, 0.25) is 0 Å². The fourth-order valence-electron chi connectivity index (χ4n) is 1.66. The minimum atomic E-state index is -2.96. The molecule has 0 fully saturated rings. The van der Waals surface area contributed by atoms with Gasteiger partial charge in [0.15, 0.2) is 11.5 Å². The molecule has 0 aromatic heterocycles. The number of carbonyl (C=O) groups is 2. The number of hydrogen-bond acceptors (Lipinski definition) is 4. The number of nitrogens with one attached hydrogen (secondary N) is 1. The van der Waals surface area contributed by atoms with E-state index < -0.39 is 12.6 Å². The van der Waals surface area contributed by atoms with Gasteiger partial charge >= 0.3 is 12.6 Å². The van der Waals surface area contributed by atoms with Crippen LogP contribution in [0.15, 0.2) is 24.3 Å². The van der Waals surface area contributed by atoms with E-state index in [0.29, 0.717) is 12.0 Å². The van der Waals surface area contributed by atoms with Gasteiger partial charge in [-0.05, 0) is 30.2 Å². The maximum absolute atomic E-state index is 12.2. The van der Waals surface area contributed by atoms with Crippen molar-refractivity contribution in [3.8, 4) is 11.5 Å². The van der Waals surface area contributed by atoms with E-state index in [0.717, 1.165) is 0 Å². The van der Waals surface area contributed by atoms with Crippen molar-refractivity contribution in [3.05, 3.63) is 29.8 Å². The minimum Gasteiger partial charge on any atom is -0.493 e. The highest BCUT2D eigenvalue weighted by atomic mass is 19.3. The van der Waals surface area contributed by atoms with E-state index in [9.17, 15) is 18.4 Å². The fraction of sp³-hybridized carbons (Fsp3) is 0.333. The average molecular weight is 329 g/mol. The van der Waals surface area contributed by atoms with Gasteiger partial charge in [0.2, 0.25) is 5.91 Å². The lowest BCUT2D eigenvalue weighted by Gasteiger charge is -2.10. The summed E-state index contributed by atoms with van der Waals surface area (Å²) in [4.78, 5) is 21.8. The van der Waals surface area contributed by atoms with Crippen LogP contribution in [0.3, 0.4) is 0 Å². The number of benzene rings is 1. The molecular formula is C15H17F2NO5. The number of halogens is 2. The molecule has 0 spiro atoms. The first-order chi connectivity index (χ1) is 10.9. The molecule has 126 valence electrons. The van der Waals surface area contributed by atoms with Crippen LogP contribution in [0.5, 0.6) is 11.5 Å². The van der Waals surface area contributed by atoms with E-state index in [1.807, 2.05) is 0 Å². The van der Waals surface area contributed by atoms with Gasteiger partial charge in [-0.3, -0.25) is 9.59 Å². The number of carboxylic acids is 1. The molecule has 0 aliphatic heterocycles. The number of methoxy groups -OCH3 is 1. The Hall–Kier alpha value is -2.64. The lowest BCUT2D eigenvalue weighted by atomic mass is 10.2. The van der Waals surface area contributed by atoms with Crippen LogP contribution < -0.4 is 14.8 Å². The fourth-order valence-corrected chi connectivity index (χ4v) is 1.66. The molecule has 1 aromatic carbocycles. The zero-order valence-corrected chi connectivity index (χ0v) is 12.4. The van der Waals surface area contributed by atoms with Gasteiger partial charge in [-0.25, -0.2) is 0 Å². The van der Waals surface area contributed by atoms with Gasteiger partial charge in [0, 0.05) is 19.0 Å². The van der Waals surface area contributed by atoms with E-state index in [4.69, 9.17) is 9.84 Å². The monoisotopic (exact) mass is 329 g/mol. The van der Waals surface area contributed by atoms with E-state index in [-0.39, 0.29) is 30.4 Å². The number of carboxylic acid groups (broad SMARTS) is 1. The van der Waals surface area contributed by atoms with Crippen molar-refractivity contribution in [2.24, 2.45) is 0 Å². The first-order valence-corrected chi connectivity index (χ1v) is 6.73. The summed E-state index contributed by atoms with van der Waals surface area (Å²) in [5.41, 5.74) is 0.559. The number of alkyl halides is 2. The summed E-state index contributed by atoms with van der Waals surface area (Å²) in [7, 11) is 1.32. The van der Waals surface area contributed by atoms with E-state index in [2.05, 4.69) is 10.1 Å². The van der Waals surface area contributed by atoms with Crippen LogP contribution in [0.25, 0.3) is 6.08 Å². The normalized spacial score (nSPS) is 10.8. The smallest absolute Gasteiger partial charge is 0.387 e. The highest BCUT2D eigenvalue weighted by molar-refractivity contribution is 5.91. The van der Waals surface area contributed by atoms with Gasteiger partial charge < -0.3 is 19.9 Å². The van der Waals surface area contributed by atoms with Crippen LogP contribution in [0.4, 0.5) is 8.78 Å². The SMILES string of the molecule is COc1cc(/C=C\C(=O)NCCCC(=O)O)ccc1OC(F)F. The molecule has 0 atom stereocenters. The summed E-state index contributed by atoms with van der Waals surface area (Å²) in [5.74, 6) is -1.29. The van der Waals surface area contributed by atoms with Crippen molar-refractivity contribution in [2.45, 2.75) is 19.5 Å². The van der Waals surface area contributed by atoms with Crippen LogP contribution in [0.1, 0.15) is 18.4 Å². The molecule has 1 amide bonds. The van der Waals surface area contributed by atoms with E-state index in [1.165, 1.54) is 37.5 Å². The Kier molecular flexibility index (Phi) is 7.52. The Balaban J connectivity index is 2.58. The topological polar surface area (TPSA) is 84.9 Å². The molecule has 0 aliphatic carbocycles. The summed E-state index contributed by atoms with van der Waals surface area (Å²) in [6.07, 6.45) is 3.04. The molecular weight excluding hydrogens is 312 g/mol. The summed E-state index contributed by atoms with van der Waals surface area (Å²) in [5, 5.41) is 11.0. The third-order valence-corrected chi connectivity index (χ3v) is 2.70. The van der Waals surface area contributed by atoms with Crippen molar-refractivity contribution < 1.29 is 33.0 Å². The molecule has 23 heavy (non-hydrogen) atoms. The molecule has 2 N–H and O–H groups in total. The minimum absolute atomic E-state index is 0.0210. The third kappa shape index (κ3) is 7.25. The first-order valence-electron chi connectivity index (χ1n) is 6.73. The summed E-state index contributed by atoms with van der Waals surface area (Å²) < 4.78 is 33.7. The van der Waals surface area contributed by atoms with Crippen molar-refractivity contribution in [1.82, 2.24) is 5.32 Å².